The minimum Gasteiger partial charge on any atom is -0.389 e. The number of carbonyl (C=O) groups excluding carboxylic acids is 1. The van der Waals surface area contributed by atoms with Crippen molar-refractivity contribution in [3.63, 3.8) is 0 Å². The summed E-state index contributed by atoms with van der Waals surface area (Å²) in [7, 11) is 0. The number of fused-ring (bicyclic) bond motifs is 1. The Labute approximate surface area is 139 Å². The van der Waals surface area contributed by atoms with Gasteiger partial charge in [0.15, 0.2) is 5.78 Å². The Hall–Kier alpha value is -2.14. The van der Waals surface area contributed by atoms with E-state index in [1.54, 1.807) is 25.3 Å². The van der Waals surface area contributed by atoms with Gasteiger partial charge in [-0.15, -0.1) is 0 Å². The third-order valence-electron chi connectivity index (χ3n) is 5.37. The van der Waals surface area contributed by atoms with E-state index in [2.05, 4.69) is 9.97 Å². The highest BCUT2D eigenvalue weighted by molar-refractivity contribution is 5.96. The topological polar surface area (TPSA) is 63.1 Å². The Morgan fingerprint density at radius 2 is 2.17 bits per heavy atom. The largest absolute Gasteiger partial charge is 0.389 e. The van der Waals surface area contributed by atoms with Gasteiger partial charge >= 0.3 is 0 Å². The molecule has 4 nitrogen and oxygen atoms in total. The summed E-state index contributed by atoms with van der Waals surface area (Å²) in [6, 6.07) is 4.77. The van der Waals surface area contributed by atoms with Crippen molar-refractivity contribution in [1.82, 2.24) is 9.97 Å². The molecular weight excluding hydrogens is 307 g/mol. The van der Waals surface area contributed by atoms with E-state index in [-0.39, 0.29) is 11.6 Å². The van der Waals surface area contributed by atoms with Gasteiger partial charge in [0.1, 0.15) is 18.2 Å². The van der Waals surface area contributed by atoms with Crippen LogP contribution in [0.1, 0.15) is 53.4 Å². The molecule has 0 spiro atoms. The summed E-state index contributed by atoms with van der Waals surface area (Å²) in [4.78, 5) is 21.9. The molecule has 1 aromatic carbocycles. The quantitative estimate of drug-likeness (QED) is 0.938. The molecule has 0 aliphatic heterocycles. The molecule has 24 heavy (non-hydrogen) atoms. The first-order chi connectivity index (χ1) is 11.6. The number of ketones is 1. The van der Waals surface area contributed by atoms with E-state index in [1.807, 2.05) is 0 Å². The lowest BCUT2D eigenvalue weighted by atomic mass is 9.71. The van der Waals surface area contributed by atoms with Crippen LogP contribution in [0.4, 0.5) is 4.39 Å². The average molecular weight is 326 g/mol. The number of aliphatic hydroxyl groups excluding tert-OH is 1. The molecule has 124 valence electrons. The second-order valence-corrected chi connectivity index (χ2v) is 6.76. The molecule has 4 rings (SSSR count). The molecule has 1 atom stereocenters. The van der Waals surface area contributed by atoms with Crippen molar-refractivity contribution in [3.05, 3.63) is 58.4 Å². The smallest absolute Gasteiger partial charge is 0.173 e. The number of rotatable bonds is 4. The molecule has 1 saturated carbocycles. The van der Waals surface area contributed by atoms with Gasteiger partial charge in [0, 0.05) is 23.4 Å². The van der Waals surface area contributed by atoms with E-state index in [9.17, 15) is 14.3 Å². The number of hydrogen-bond acceptors (Lipinski definition) is 4. The Balaban J connectivity index is 1.92. The molecule has 2 aromatic rings. The molecular formula is C19H19FN2O2. The molecule has 0 radical (unpaired) electrons. The molecule has 2 aliphatic carbocycles. The zero-order valence-electron chi connectivity index (χ0n) is 13.6. The molecule has 2 aliphatic rings. The average Bonchev–Trinajstić information content (AvgIpc) is 3.38. The Kier molecular flexibility index (Phi) is 3.49. The minimum absolute atomic E-state index is 0.322. The van der Waals surface area contributed by atoms with Gasteiger partial charge in [-0.25, -0.2) is 14.4 Å². The summed E-state index contributed by atoms with van der Waals surface area (Å²) >= 11 is 0. The number of aliphatic hydroxyl groups is 1. The maximum absolute atomic E-state index is 14.1. The predicted molar refractivity (Wildman–Crippen MR) is 86.3 cm³/mol. The molecule has 5 heteroatoms. The monoisotopic (exact) mass is 326 g/mol. The molecule has 0 unspecified atom stereocenters. The lowest BCUT2D eigenvalue weighted by Crippen LogP contribution is -2.38. The summed E-state index contributed by atoms with van der Waals surface area (Å²) < 4.78 is 14.1. The van der Waals surface area contributed by atoms with E-state index < -0.39 is 12.0 Å². The van der Waals surface area contributed by atoms with Gasteiger partial charge in [-0.3, -0.25) is 4.79 Å². The summed E-state index contributed by atoms with van der Waals surface area (Å²) in [6.45, 7) is 1.09. The summed E-state index contributed by atoms with van der Waals surface area (Å²) in [5.74, 6) is 0.617. The van der Waals surface area contributed by atoms with E-state index in [4.69, 9.17) is 0 Å². The van der Waals surface area contributed by atoms with Gasteiger partial charge in [-0.1, -0.05) is 12.1 Å². The van der Waals surface area contributed by atoms with Crippen LogP contribution in [0.25, 0.3) is 0 Å². The van der Waals surface area contributed by atoms with Gasteiger partial charge in [0.25, 0.3) is 0 Å². The molecule has 0 amide bonds. The number of aromatic nitrogens is 2. The van der Waals surface area contributed by atoms with Crippen LogP contribution >= 0.6 is 0 Å². The van der Waals surface area contributed by atoms with Crippen LogP contribution in [-0.2, 0) is 16.6 Å². The lowest BCUT2D eigenvalue weighted by Gasteiger charge is -2.30. The second-order valence-electron chi connectivity index (χ2n) is 6.76. The van der Waals surface area contributed by atoms with Crippen molar-refractivity contribution in [3.8, 4) is 0 Å². The van der Waals surface area contributed by atoms with Crippen molar-refractivity contribution in [2.24, 2.45) is 0 Å². The first-order valence-electron chi connectivity index (χ1n) is 8.34. The first-order valence-corrected chi connectivity index (χ1v) is 8.34. The molecule has 1 heterocycles. The number of benzene rings is 1. The second kappa shape index (κ2) is 5.45. The molecule has 0 bridgehead atoms. The highest BCUT2D eigenvalue weighted by atomic mass is 19.1. The Morgan fingerprint density at radius 3 is 2.88 bits per heavy atom. The minimum atomic E-state index is -1.04. The molecule has 1 aromatic heterocycles. The fourth-order valence-corrected chi connectivity index (χ4v) is 3.88. The van der Waals surface area contributed by atoms with Gasteiger partial charge in [-0.2, -0.15) is 0 Å². The van der Waals surface area contributed by atoms with Crippen LogP contribution in [0.2, 0.25) is 0 Å². The molecule has 0 saturated heterocycles. The van der Waals surface area contributed by atoms with E-state index >= 15 is 0 Å². The molecule has 1 fully saturated rings. The predicted octanol–water partition coefficient (Wildman–Crippen LogP) is 2.60. The van der Waals surface area contributed by atoms with Crippen LogP contribution in [0, 0.1) is 12.7 Å². The number of aryl methyl sites for hydroxylation is 1. The van der Waals surface area contributed by atoms with Crippen molar-refractivity contribution in [2.45, 2.75) is 43.9 Å². The fourth-order valence-electron chi connectivity index (χ4n) is 3.88. The molecule has 1 N–H and O–H groups in total. The maximum Gasteiger partial charge on any atom is 0.173 e. The van der Waals surface area contributed by atoms with Crippen molar-refractivity contribution in [1.29, 1.82) is 0 Å². The highest BCUT2D eigenvalue weighted by Crippen LogP contribution is 2.46. The maximum atomic E-state index is 14.1. The Bertz CT molecular complexity index is 832. The summed E-state index contributed by atoms with van der Waals surface area (Å²) in [6.07, 6.45) is 5.08. The fraction of sp³-hybridized carbons (Fsp3) is 0.421. The normalized spacial score (nSPS) is 22.5. The third kappa shape index (κ3) is 2.11. The van der Waals surface area contributed by atoms with Gasteiger partial charge in [0.2, 0.25) is 0 Å². The standard InChI is InChI=1S/C19H19FN2O2/c1-11-13(3-2-4-15(11)20)19(17(24)10-23)8-7-16-14(19)9-21-18(22-16)12-5-6-12/h2-4,9,12,23H,5-8,10H2,1H3/t19-/m0/s1. The number of nitrogens with zero attached hydrogens (tertiary/aromatic N) is 2. The number of halogens is 1. The Morgan fingerprint density at radius 1 is 1.38 bits per heavy atom. The first kappa shape index (κ1) is 15.4. The van der Waals surface area contributed by atoms with Crippen LogP contribution in [-0.4, -0.2) is 27.5 Å². The van der Waals surface area contributed by atoms with Gasteiger partial charge < -0.3 is 5.11 Å². The van der Waals surface area contributed by atoms with Gasteiger partial charge in [-0.05, 0) is 49.8 Å². The van der Waals surface area contributed by atoms with Crippen LogP contribution in [0.15, 0.2) is 24.4 Å². The number of carbonyl (C=O) groups is 1. The van der Waals surface area contributed by atoms with Crippen molar-refractivity contribution >= 4 is 5.78 Å². The zero-order chi connectivity index (χ0) is 16.9. The third-order valence-corrected chi connectivity index (χ3v) is 5.37. The van der Waals surface area contributed by atoms with Crippen molar-refractivity contribution < 1.29 is 14.3 Å². The van der Waals surface area contributed by atoms with Crippen LogP contribution in [0.5, 0.6) is 0 Å². The van der Waals surface area contributed by atoms with E-state index in [1.165, 1.54) is 6.07 Å². The van der Waals surface area contributed by atoms with Gasteiger partial charge in [0.05, 0.1) is 5.41 Å². The van der Waals surface area contributed by atoms with E-state index in [0.717, 1.165) is 29.9 Å². The van der Waals surface area contributed by atoms with Crippen molar-refractivity contribution in [2.75, 3.05) is 6.61 Å². The highest BCUT2D eigenvalue weighted by Gasteiger charge is 2.48. The number of hydrogen-bond donors (Lipinski definition) is 1. The zero-order valence-corrected chi connectivity index (χ0v) is 13.6. The van der Waals surface area contributed by atoms with E-state index in [0.29, 0.717) is 29.9 Å². The summed E-state index contributed by atoms with van der Waals surface area (Å²) in [5.41, 5.74) is 1.59. The van der Waals surface area contributed by atoms with Crippen LogP contribution in [0.3, 0.4) is 0 Å². The number of Topliss-reactive ketones (excluding diaryl/α,β-unsaturated/α-hetero) is 1. The lowest BCUT2D eigenvalue weighted by molar-refractivity contribution is -0.126. The summed E-state index contributed by atoms with van der Waals surface area (Å²) in [5, 5.41) is 9.58. The van der Waals surface area contributed by atoms with Crippen LogP contribution < -0.4 is 0 Å². The SMILES string of the molecule is Cc1c(F)cccc1[C@@]1(C(=O)CO)CCc2nc(C3CC3)ncc21.